The summed E-state index contributed by atoms with van der Waals surface area (Å²) in [5, 5.41) is 14.1. The Labute approximate surface area is 491 Å². The molecule has 2 aromatic carbocycles. The lowest BCUT2D eigenvalue weighted by atomic mass is 9.89. The smallest absolute Gasteiger partial charge is 0.410 e. The third-order valence-electron chi connectivity index (χ3n) is 15.4. The summed E-state index contributed by atoms with van der Waals surface area (Å²) in [6.45, 7) is 20.3. The lowest BCUT2D eigenvalue weighted by Crippen LogP contribution is -2.60. The van der Waals surface area contributed by atoms with E-state index in [0.717, 1.165) is 12.0 Å². The Bertz CT molecular complexity index is 2430. The van der Waals surface area contributed by atoms with Gasteiger partial charge < -0.3 is 56.3 Å². The quantitative estimate of drug-likeness (QED) is 0.0358. The number of rotatable bonds is 33. The van der Waals surface area contributed by atoms with Crippen LogP contribution >= 0.6 is 0 Å². The largest absolute Gasteiger partial charge is 0.445 e. The fourth-order valence-electron chi connectivity index (χ4n) is 10.6. The van der Waals surface area contributed by atoms with E-state index < -0.39 is 102 Å². The third kappa shape index (κ3) is 21.7. The molecule has 1 saturated heterocycles. The molecule has 1 aliphatic heterocycles. The van der Waals surface area contributed by atoms with Crippen molar-refractivity contribution in [3.8, 4) is 0 Å². The standard InChI is InChI=1S/C60H97N11O12/c1-16-38(8)52(47(81-14)33-48(73)71-31-21-25-46(71)53(82-15)40(10)54(74)63-39(9)32-42-22-18-17-19-23-42)69(12)58(78)50(36(4)5)66-57(77)51(37(6)7)70(13)60(80)83-34-43-26-28-44(29-27-43)64-55(75)45(24-20-30-62-59(61)79)65-56(76)49(35(2)3)68-67-41(11)72/h17-19,22-23,26-29,35-40,45-47,49-53,68H,16,20-21,24-25,30-34H2,1-15H3,(H,63,74)(H,64,75)(H,65,76)(H,66,77)(H,67,72)(H3,61,62,79)/t38-,39+,40+,45-,46-,47+,49-,50-,51-,52-,53+/m0/s1. The number of benzene rings is 2. The summed E-state index contributed by atoms with van der Waals surface area (Å²) < 4.78 is 17.8. The number of likely N-dealkylation sites (N-methyl/N-ethyl adjacent to an activating group) is 2. The van der Waals surface area contributed by atoms with E-state index in [0.29, 0.717) is 43.5 Å². The number of nitrogens with zero attached hydrogens (tertiary/aromatic N) is 3. The van der Waals surface area contributed by atoms with Crippen molar-refractivity contribution in [3.05, 3.63) is 65.7 Å². The molecule has 10 amide bonds. The predicted molar refractivity (Wildman–Crippen MR) is 317 cm³/mol. The molecule has 0 aromatic heterocycles. The van der Waals surface area contributed by atoms with Crippen LogP contribution in [0.2, 0.25) is 0 Å². The molecule has 1 heterocycles. The van der Waals surface area contributed by atoms with Crippen LogP contribution in [0.4, 0.5) is 15.3 Å². The van der Waals surface area contributed by atoms with Gasteiger partial charge in [0.05, 0.1) is 36.6 Å². The molecule has 0 aliphatic carbocycles. The fraction of sp³-hybridized carbons (Fsp3) is 0.650. The Morgan fingerprint density at radius 3 is 1.93 bits per heavy atom. The summed E-state index contributed by atoms with van der Waals surface area (Å²) in [4.78, 5) is 125. The second kappa shape index (κ2) is 34.7. The fourth-order valence-corrected chi connectivity index (χ4v) is 10.6. The average molecular weight is 1160 g/mol. The van der Waals surface area contributed by atoms with Crippen LogP contribution in [0.15, 0.2) is 54.6 Å². The zero-order valence-electron chi connectivity index (χ0n) is 51.7. The molecule has 9 N–H and O–H groups in total. The Morgan fingerprint density at radius 1 is 0.735 bits per heavy atom. The second-order valence-corrected chi connectivity index (χ2v) is 23.0. The molecule has 2 aromatic rings. The maximum Gasteiger partial charge on any atom is 0.410 e. The van der Waals surface area contributed by atoms with Gasteiger partial charge in [-0.1, -0.05) is 111 Å². The van der Waals surface area contributed by atoms with Crippen molar-refractivity contribution in [2.24, 2.45) is 35.3 Å². The van der Waals surface area contributed by atoms with E-state index in [4.69, 9.17) is 19.9 Å². The Morgan fingerprint density at radius 2 is 1.37 bits per heavy atom. The van der Waals surface area contributed by atoms with Crippen molar-refractivity contribution < 1.29 is 57.4 Å². The van der Waals surface area contributed by atoms with Crippen molar-refractivity contribution >= 4 is 59.2 Å². The van der Waals surface area contributed by atoms with E-state index in [1.165, 1.54) is 26.0 Å². The first-order chi connectivity index (χ1) is 39.2. The molecule has 23 heteroatoms. The number of anilines is 1. The molecular weight excluding hydrogens is 1070 g/mol. The number of ether oxygens (including phenoxy) is 3. The normalized spacial score (nSPS) is 16.9. The highest BCUT2D eigenvalue weighted by molar-refractivity contribution is 5.98. The van der Waals surface area contributed by atoms with E-state index in [1.807, 2.05) is 71.9 Å². The van der Waals surface area contributed by atoms with E-state index in [-0.39, 0.29) is 61.7 Å². The van der Waals surface area contributed by atoms with Crippen molar-refractivity contribution in [3.63, 3.8) is 0 Å². The lowest BCUT2D eigenvalue weighted by Gasteiger charge is -2.41. The van der Waals surface area contributed by atoms with Crippen LogP contribution < -0.4 is 43.2 Å². The number of hydrogen-bond acceptors (Lipinski definition) is 13. The number of urea groups is 1. The number of carbonyl (C=O) groups excluding carboxylic acids is 9. The summed E-state index contributed by atoms with van der Waals surface area (Å²) >= 11 is 0. The van der Waals surface area contributed by atoms with E-state index >= 15 is 0 Å². The van der Waals surface area contributed by atoms with E-state index in [1.54, 1.807) is 75.9 Å². The molecule has 0 unspecified atom stereocenters. The van der Waals surface area contributed by atoms with Gasteiger partial charge in [0.2, 0.25) is 41.4 Å². The zero-order valence-corrected chi connectivity index (χ0v) is 51.7. The molecule has 0 bridgehead atoms. The number of hydrogen-bond donors (Lipinski definition) is 8. The van der Waals surface area contributed by atoms with Gasteiger partial charge in [0.15, 0.2) is 0 Å². The first-order valence-corrected chi connectivity index (χ1v) is 29.1. The number of methoxy groups -OCH3 is 2. The average Bonchev–Trinajstić information content (AvgIpc) is 4.11. The highest BCUT2D eigenvalue weighted by Gasteiger charge is 2.44. The van der Waals surface area contributed by atoms with E-state index in [2.05, 4.69) is 37.4 Å². The summed E-state index contributed by atoms with van der Waals surface area (Å²) in [5.41, 5.74) is 12.3. The van der Waals surface area contributed by atoms with Crippen molar-refractivity contribution in [1.29, 1.82) is 0 Å². The van der Waals surface area contributed by atoms with Gasteiger partial charge in [-0.2, -0.15) is 0 Å². The van der Waals surface area contributed by atoms with Gasteiger partial charge in [-0.05, 0) is 86.0 Å². The van der Waals surface area contributed by atoms with Crippen LogP contribution in [0.1, 0.15) is 126 Å². The van der Waals surface area contributed by atoms with Gasteiger partial charge in [-0.3, -0.25) is 43.9 Å². The van der Waals surface area contributed by atoms with Gasteiger partial charge in [-0.25, -0.2) is 15.0 Å². The summed E-state index contributed by atoms with van der Waals surface area (Å²) in [5.74, 6) is -4.56. The van der Waals surface area contributed by atoms with Crippen LogP contribution in [0, 0.1) is 29.6 Å². The van der Waals surface area contributed by atoms with Gasteiger partial charge in [-0.15, -0.1) is 0 Å². The first-order valence-electron chi connectivity index (χ1n) is 29.1. The Balaban J connectivity index is 1.70. The Kier molecular flexibility index (Phi) is 29.4. The number of amides is 10. The van der Waals surface area contributed by atoms with Crippen LogP contribution in [0.3, 0.4) is 0 Å². The summed E-state index contributed by atoms with van der Waals surface area (Å²) in [6.07, 6.45) is 0.991. The molecule has 1 fully saturated rings. The molecule has 0 spiro atoms. The maximum atomic E-state index is 14.7. The summed E-state index contributed by atoms with van der Waals surface area (Å²) in [6, 6.07) is 10.6. The predicted octanol–water partition coefficient (Wildman–Crippen LogP) is 4.63. The highest BCUT2D eigenvalue weighted by atomic mass is 16.6. The molecule has 23 nitrogen and oxygen atoms in total. The number of carbonyl (C=O) groups is 9. The molecular formula is C60H97N11O12. The number of nitrogens with one attached hydrogen (secondary N) is 7. The van der Waals surface area contributed by atoms with Crippen molar-refractivity contribution in [1.82, 2.24) is 46.8 Å². The summed E-state index contributed by atoms with van der Waals surface area (Å²) in [7, 11) is 6.19. The van der Waals surface area contributed by atoms with Crippen LogP contribution in [-0.2, 0) is 60.8 Å². The third-order valence-corrected chi connectivity index (χ3v) is 15.4. The molecule has 0 radical (unpaired) electrons. The van der Waals surface area contributed by atoms with Crippen molar-refractivity contribution in [2.45, 2.75) is 182 Å². The van der Waals surface area contributed by atoms with Gasteiger partial charge in [0.25, 0.3) is 0 Å². The number of primary amides is 1. The van der Waals surface area contributed by atoms with Gasteiger partial charge in [0, 0.05) is 60.1 Å². The number of likely N-dealkylation sites (tertiary alicyclic amines) is 1. The highest BCUT2D eigenvalue weighted by Crippen LogP contribution is 2.30. The van der Waals surface area contributed by atoms with Crippen LogP contribution in [0.5, 0.6) is 0 Å². The van der Waals surface area contributed by atoms with Gasteiger partial charge in [0.1, 0.15) is 30.8 Å². The van der Waals surface area contributed by atoms with Crippen LogP contribution in [-0.4, -0.2) is 164 Å². The lowest BCUT2D eigenvalue weighted by molar-refractivity contribution is -0.148. The van der Waals surface area contributed by atoms with Crippen LogP contribution in [0.25, 0.3) is 0 Å². The molecule has 0 saturated carbocycles. The number of hydrazine groups is 1. The monoisotopic (exact) mass is 1160 g/mol. The number of nitrogens with two attached hydrogens (primary N) is 1. The maximum absolute atomic E-state index is 14.7. The SMILES string of the molecule is CC[C@H](C)[C@@H]([C@@H](CC(=O)N1CCC[C@H]1[C@H](OC)[C@@H](C)C(=O)N[C@H](C)Cc1ccccc1)OC)N(C)C(=O)[C@@H](NC(=O)[C@H](C(C)C)N(C)C(=O)OCc1ccc(NC(=O)[C@H](CCCNC(N)=O)NC(=O)[C@@H](NNC(C)=O)C(C)C)cc1)C(C)C. The van der Waals surface area contributed by atoms with Crippen molar-refractivity contribution in [2.75, 3.05) is 46.7 Å². The molecule has 464 valence electrons. The minimum Gasteiger partial charge on any atom is -0.445 e. The second-order valence-electron chi connectivity index (χ2n) is 23.0. The molecule has 3 rings (SSSR count). The van der Waals surface area contributed by atoms with E-state index in [9.17, 15) is 43.2 Å². The molecule has 1 aliphatic rings. The molecule has 11 atom stereocenters. The minimum absolute atomic E-state index is 0.0467. The minimum atomic E-state index is -1.05. The Hall–Kier alpha value is -6.85. The topological polar surface area (TPSA) is 301 Å². The zero-order chi connectivity index (χ0) is 62.2. The van der Waals surface area contributed by atoms with Gasteiger partial charge >= 0.3 is 12.1 Å². The molecule has 83 heavy (non-hydrogen) atoms. The first kappa shape index (κ1) is 70.4.